The fraction of sp³-hybridized carbons (Fsp3) is 0. The highest BCUT2D eigenvalue weighted by molar-refractivity contribution is 9.10. The molecule has 0 saturated heterocycles. The summed E-state index contributed by atoms with van der Waals surface area (Å²) in [6.45, 7) is 0. The lowest BCUT2D eigenvalue weighted by atomic mass is 10.4. The quantitative estimate of drug-likeness (QED) is 0.641. The fourth-order valence-electron chi connectivity index (χ4n) is 0.745. The van der Waals surface area contributed by atoms with E-state index in [1.807, 2.05) is 0 Å². The highest BCUT2D eigenvalue weighted by atomic mass is 79.9. The predicted octanol–water partition coefficient (Wildman–Crippen LogP) is 3.00. The van der Waals surface area contributed by atoms with E-state index >= 15 is 0 Å². The van der Waals surface area contributed by atoms with Gasteiger partial charge in [0.2, 0.25) is 0 Å². The van der Waals surface area contributed by atoms with E-state index in [1.165, 1.54) is 12.1 Å². The van der Waals surface area contributed by atoms with Crippen molar-refractivity contribution in [1.82, 2.24) is 0 Å². The third kappa shape index (κ3) is 2.35. The minimum Gasteiger partial charge on any atom is -0.282 e. The Bertz CT molecular complexity index is 443. The summed E-state index contributed by atoms with van der Waals surface area (Å²) in [6.07, 6.45) is 0. The first-order valence-electron chi connectivity index (χ1n) is 2.95. The zero-order valence-electron chi connectivity index (χ0n) is 5.96. The summed E-state index contributed by atoms with van der Waals surface area (Å²) in [4.78, 5) is -0.415. The lowest BCUT2D eigenvalue weighted by Gasteiger charge is -2.04. The van der Waals surface area contributed by atoms with Crippen molar-refractivity contribution in [2.24, 2.45) is 0 Å². The van der Waals surface area contributed by atoms with Gasteiger partial charge in [0.15, 0.2) is 0 Å². The Morgan fingerprint density at radius 1 is 1.23 bits per heavy atom. The standard InChI is InChI=1S/C6H3BrCl2O3S/c7-5-3(8)1-2-4(9)6(5)13(10,11)12/h1-2H,(H,10,11,12). The van der Waals surface area contributed by atoms with Gasteiger partial charge in [0.05, 0.1) is 14.5 Å². The van der Waals surface area contributed by atoms with Gasteiger partial charge in [-0.1, -0.05) is 23.2 Å². The smallest absolute Gasteiger partial charge is 0.282 e. The van der Waals surface area contributed by atoms with Crippen LogP contribution in [0.3, 0.4) is 0 Å². The van der Waals surface area contributed by atoms with Crippen molar-refractivity contribution >= 4 is 49.2 Å². The van der Waals surface area contributed by atoms with Crippen LogP contribution in [0.4, 0.5) is 0 Å². The zero-order chi connectivity index (χ0) is 10.2. The molecule has 0 atom stereocenters. The number of hydrogen-bond acceptors (Lipinski definition) is 2. The van der Waals surface area contributed by atoms with Gasteiger partial charge >= 0.3 is 0 Å². The molecule has 0 aliphatic carbocycles. The summed E-state index contributed by atoms with van der Waals surface area (Å²) in [5, 5.41) is 0.0794. The van der Waals surface area contributed by atoms with Gasteiger partial charge in [-0.15, -0.1) is 0 Å². The Balaban J connectivity index is 3.62. The van der Waals surface area contributed by atoms with Crippen LogP contribution in [-0.2, 0) is 10.1 Å². The molecule has 0 amide bonds. The topological polar surface area (TPSA) is 54.4 Å². The highest BCUT2D eigenvalue weighted by Crippen LogP contribution is 2.34. The molecule has 0 fully saturated rings. The zero-order valence-corrected chi connectivity index (χ0v) is 9.87. The van der Waals surface area contributed by atoms with Crippen molar-refractivity contribution in [3.8, 4) is 0 Å². The second-order valence-electron chi connectivity index (χ2n) is 2.15. The van der Waals surface area contributed by atoms with Crippen LogP contribution in [-0.4, -0.2) is 13.0 Å². The molecule has 3 nitrogen and oxygen atoms in total. The molecule has 0 spiro atoms. The SMILES string of the molecule is O=S(=O)(O)c1c(Cl)ccc(Cl)c1Br. The van der Waals surface area contributed by atoms with E-state index in [1.54, 1.807) is 0 Å². The maximum Gasteiger partial charge on any atom is 0.297 e. The Hall–Kier alpha value is 0.190. The molecule has 0 aliphatic rings. The second-order valence-corrected chi connectivity index (χ2v) is 5.11. The van der Waals surface area contributed by atoms with Crippen molar-refractivity contribution in [2.45, 2.75) is 4.90 Å². The van der Waals surface area contributed by atoms with Crippen molar-refractivity contribution < 1.29 is 13.0 Å². The van der Waals surface area contributed by atoms with E-state index in [2.05, 4.69) is 15.9 Å². The Morgan fingerprint density at radius 3 is 2.08 bits per heavy atom. The van der Waals surface area contributed by atoms with Crippen molar-refractivity contribution in [2.75, 3.05) is 0 Å². The molecule has 72 valence electrons. The summed E-state index contributed by atoms with van der Waals surface area (Å²) in [7, 11) is -4.35. The summed E-state index contributed by atoms with van der Waals surface area (Å²) in [5.41, 5.74) is 0. The molecule has 1 N–H and O–H groups in total. The van der Waals surface area contributed by atoms with Crippen LogP contribution in [0.5, 0.6) is 0 Å². The number of hydrogen-bond donors (Lipinski definition) is 1. The molecule has 0 heterocycles. The predicted molar refractivity (Wildman–Crippen MR) is 54.0 cm³/mol. The summed E-state index contributed by atoms with van der Waals surface area (Å²) in [5.74, 6) is 0. The van der Waals surface area contributed by atoms with Gasteiger partial charge in [-0.05, 0) is 28.1 Å². The Morgan fingerprint density at radius 2 is 1.69 bits per heavy atom. The van der Waals surface area contributed by atoms with Crippen LogP contribution in [0.15, 0.2) is 21.5 Å². The van der Waals surface area contributed by atoms with Crippen LogP contribution in [0.25, 0.3) is 0 Å². The van der Waals surface area contributed by atoms with E-state index in [4.69, 9.17) is 27.8 Å². The molecule has 1 rings (SSSR count). The third-order valence-corrected chi connectivity index (χ3v) is 4.26. The van der Waals surface area contributed by atoms with Crippen LogP contribution >= 0.6 is 39.1 Å². The average molecular weight is 306 g/mol. The van der Waals surface area contributed by atoms with Crippen molar-refractivity contribution in [1.29, 1.82) is 0 Å². The van der Waals surface area contributed by atoms with Crippen LogP contribution in [0, 0.1) is 0 Å². The van der Waals surface area contributed by atoms with Crippen LogP contribution < -0.4 is 0 Å². The lowest BCUT2D eigenvalue weighted by molar-refractivity contribution is 0.482. The number of halogens is 3. The van der Waals surface area contributed by atoms with E-state index in [0.29, 0.717) is 0 Å². The Kier molecular flexibility index (Phi) is 3.24. The van der Waals surface area contributed by atoms with Gasteiger partial charge in [0, 0.05) is 0 Å². The van der Waals surface area contributed by atoms with Crippen LogP contribution in [0.2, 0.25) is 10.0 Å². The van der Waals surface area contributed by atoms with Gasteiger partial charge in [-0.2, -0.15) is 8.42 Å². The molecule has 0 unspecified atom stereocenters. The summed E-state index contributed by atoms with van der Waals surface area (Å²) >= 11 is 14.1. The molecule has 1 aromatic rings. The first kappa shape index (κ1) is 11.3. The average Bonchev–Trinajstić information content (AvgIpc) is 1.95. The van der Waals surface area contributed by atoms with Gasteiger partial charge in [0.1, 0.15) is 4.90 Å². The molecule has 0 saturated carbocycles. The van der Waals surface area contributed by atoms with Gasteiger partial charge in [0.25, 0.3) is 10.1 Å². The fourth-order valence-corrected chi connectivity index (χ4v) is 3.13. The van der Waals surface area contributed by atoms with E-state index in [-0.39, 0.29) is 14.5 Å². The summed E-state index contributed by atoms with van der Waals surface area (Å²) in [6, 6.07) is 2.71. The number of benzene rings is 1. The first-order chi connectivity index (χ1) is 5.84. The minimum atomic E-state index is -4.35. The van der Waals surface area contributed by atoms with Crippen LogP contribution in [0.1, 0.15) is 0 Å². The lowest BCUT2D eigenvalue weighted by Crippen LogP contribution is -2.00. The van der Waals surface area contributed by atoms with Crippen molar-refractivity contribution in [3.05, 3.63) is 26.7 Å². The molecule has 0 bridgehead atoms. The second kappa shape index (κ2) is 3.74. The molecule has 0 radical (unpaired) electrons. The van der Waals surface area contributed by atoms with Gasteiger partial charge in [-0.3, -0.25) is 4.55 Å². The maximum atomic E-state index is 10.8. The molecule has 7 heteroatoms. The van der Waals surface area contributed by atoms with Crippen molar-refractivity contribution in [3.63, 3.8) is 0 Å². The third-order valence-electron chi connectivity index (χ3n) is 1.26. The molecular formula is C6H3BrCl2O3S. The first-order valence-corrected chi connectivity index (χ1v) is 5.94. The van der Waals surface area contributed by atoms with Gasteiger partial charge < -0.3 is 0 Å². The monoisotopic (exact) mass is 304 g/mol. The van der Waals surface area contributed by atoms with E-state index < -0.39 is 15.0 Å². The molecular weight excluding hydrogens is 303 g/mol. The molecule has 13 heavy (non-hydrogen) atoms. The Labute approximate surface area is 93.5 Å². The molecule has 0 aliphatic heterocycles. The molecule has 1 aromatic carbocycles. The normalized spacial score (nSPS) is 11.7. The number of rotatable bonds is 1. The maximum absolute atomic E-state index is 10.8. The van der Waals surface area contributed by atoms with E-state index in [0.717, 1.165) is 0 Å². The van der Waals surface area contributed by atoms with Gasteiger partial charge in [-0.25, -0.2) is 0 Å². The highest BCUT2D eigenvalue weighted by Gasteiger charge is 2.20. The molecule has 0 aromatic heterocycles. The largest absolute Gasteiger partial charge is 0.297 e. The minimum absolute atomic E-state index is 0.0594. The van der Waals surface area contributed by atoms with E-state index in [9.17, 15) is 8.42 Å². The summed E-state index contributed by atoms with van der Waals surface area (Å²) < 4.78 is 30.5.